The minimum absolute atomic E-state index is 0.620. The van der Waals surface area contributed by atoms with Crippen LogP contribution in [0.4, 0.5) is 0 Å². The van der Waals surface area contributed by atoms with Crippen LogP contribution < -0.4 is 14.8 Å². The molecule has 5 nitrogen and oxygen atoms in total. The van der Waals surface area contributed by atoms with Crippen LogP contribution in [0.2, 0.25) is 0 Å². The number of hydrogen-bond donors (Lipinski definition) is 1. The minimum Gasteiger partial charge on any atom is -0.497 e. The van der Waals surface area contributed by atoms with Crippen molar-refractivity contribution in [3.05, 3.63) is 30.3 Å². The summed E-state index contributed by atoms with van der Waals surface area (Å²) in [5, 5.41) is 3.17. The molecule has 1 aromatic heterocycles. The van der Waals surface area contributed by atoms with E-state index < -0.39 is 0 Å². The molecule has 0 aliphatic rings. The quantitative estimate of drug-likeness (QED) is 0.866. The number of rotatable bonds is 6. The number of benzene rings is 1. The molecule has 0 saturated heterocycles. The summed E-state index contributed by atoms with van der Waals surface area (Å²) in [5.41, 5.74) is 0.860. The van der Waals surface area contributed by atoms with Gasteiger partial charge in [-0.25, -0.2) is 4.98 Å². The van der Waals surface area contributed by atoms with Crippen LogP contribution >= 0.6 is 0 Å². The molecule has 0 unspecified atom stereocenters. The number of ether oxygens (including phenoxy) is 2. The fraction of sp³-hybridized carbons (Fsp3) is 0.357. The van der Waals surface area contributed by atoms with Crippen LogP contribution in [0.1, 0.15) is 12.8 Å². The SMILES string of the molecule is CCNCc1ncc(-c2ccc(OC)cc2OC)o1. The van der Waals surface area contributed by atoms with Crippen molar-refractivity contribution < 1.29 is 13.9 Å². The monoisotopic (exact) mass is 262 g/mol. The van der Waals surface area contributed by atoms with Gasteiger partial charge in [-0.15, -0.1) is 0 Å². The lowest BCUT2D eigenvalue weighted by Crippen LogP contribution is -2.11. The standard InChI is InChI=1S/C14H18N2O3/c1-4-15-9-14-16-8-13(19-14)11-6-5-10(17-2)7-12(11)18-3/h5-8,15H,4,9H2,1-3H3. The van der Waals surface area contributed by atoms with Gasteiger partial charge >= 0.3 is 0 Å². The third-order valence-electron chi connectivity index (χ3n) is 2.75. The minimum atomic E-state index is 0.620. The lowest BCUT2D eigenvalue weighted by Gasteiger charge is -2.08. The van der Waals surface area contributed by atoms with Crippen molar-refractivity contribution in [2.45, 2.75) is 13.5 Å². The molecule has 1 aromatic carbocycles. The Bertz CT molecular complexity index is 537. The fourth-order valence-corrected chi connectivity index (χ4v) is 1.75. The lowest BCUT2D eigenvalue weighted by atomic mass is 10.1. The number of nitrogens with one attached hydrogen (secondary N) is 1. The maximum Gasteiger partial charge on any atom is 0.208 e. The summed E-state index contributed by atoms with van der Waals surface area (Å²) in [5.74, 6) is 2.79. The third-order valence-corrected chi connectivity index (χ3v) is 2.75. The van der Waals surface area contributed by atoms with Gasteiger partial charge < -0.3 is 19.2 Å². The van der Waals surface area contributed by atoms with Gasteiger partial charge in [-0.2, -0.15) is 0 Å². The van der Waals surface area contributed by atoms with E-state index in [1.807, 2.05) is 25.1 Å². The van der Waals surface area contributed by atoms with Gasteiger partial charge in [0.05, 0.1) is 32.5 Å². The second-order valence-electron chi connectivity index (χ2n) is 3.96. The maximum absolute atomic E-state index is 5.69. The van der Waals surface area contributed by atoms with Gasteiger partial charge in [0.15, 0.2) is 5.76 Å². The molecular formula is C14H18N2O3. The van der Waals surface area contributed by atoms with Crippen LogP contribution in [0.5, 0.6) is 11.5 Å². The molecule has 0 saturated carbocycles. The molecule has 0 aliphatic carbocycles. The van der Waals surface area contributed by atoms with Gasteiger partial charge in [0.25, 0.3) is 0 Å². The molecule has 0 spiro atoms. The Morgan fingerprint density at radius 3 is 2.79 bits per heavy atom. The van der Waals surface area contributed by atoms with Crippen molar-refractivity contribution in [2.75, 3.05) is 20.8 Å². The van der Waals surface area contributed by atoms with E-state index in [0.29, 0.717) is 23.9 Å². The average Bonchev–Trinajstić information content (AvgIpc) is 2.92. The van der Waals surface area contributed by atoms with E-state index in [0.717, 1.165) is 17.9 Å². The molecule has 0 radical (unpaired) electrons. The summed E-state index contributed by atoms with van der Waals surface area (Å²) in [7, 11) is 3.24. The smallest absolute Gasteiger partial charge is 0.208 e. The summed E-state index contributed by atoms with van der Waals surface area (Å²) >= 11 is 0. The van der Waals surface area contributed by atoms with E-state index in [-0.39, 0.29) is 0 Å². The zero-order chi connectivity index (χ0) is 13.7. The van der Waals surface area contributed by atoms with Gasteiger partial charge in [0, 0.05) is 6.07 Å². The molecule has 1 N–H and O–H groups in total. The van der Waals surface area contributed by atoms with Crippen LogP contribution in [0.25, 0.3) is 11.3 Å². The highest BCUT2D eigenvalue weighted by atomic mass is 16.5. The molecule has 0 bridgehead atoms. The predicted molar refractivity (Wildman–Crippen MR) is 72.4 cm³/mol. The molecule has 2 rings (SSSR count). The van der Waals surface area contributed by atoms with E-state index in [4.69, 9.17) is 13.9 Å². The molecule has 0 aliphatic heterocycles. The van der Waals surface area contributed by atoms with E-state index in [1.165, 1.54) is 0 Å². The van der Waals surface area contributed by atoms with Crippen LogP contribution in [0.15, 0.2) is 28.8 Å². The second-order valence-corrected chi connectivity index (χ2v) is 3.96. The van der Waals surface area contributed by atoms with Crippen LogP contribution in [0, 0.1) is 0 Å². The fourth-order valence-electron chi connectivity index (χ4n) is 1.75. The number of aromatic nitrogens is 1. The van der Waals surface area contributed by atoms with E-state index in [1.54, 1.807) is 20.4 Å². The Labute approximate surface area is 112 Å². The Morgan fingerprint density at radius 2 is 2.11 bits per heavy atom. The predicted octanol–water partition coefficient (Wildman–Crippen LogP) is 2.47. The molecule has 1 heterocycles. The summed E-state index contributed by atoms with van der Waals surface area (Å²) < 4.78 is 16.2. The highest BCUT2D eigenvalue weighted by molar-refractivity contribution is 5.66. The zero-order valence-corrected chi connectivity index (χ0v) is 11.4. The first-order valence-corrected chi connectivity index (χ1v) is 6.16. The van der Waals surface area contributed by atoms with Gasteiger partial charge in [-0.3, -0.25) is 0 Å². The highest BCUT2D eigenvalue weighted by Gasteiger charge is 2.12. The maximum atomic E-state index is 5.69. The van der Waals surface area contributed by atoms with E-state index in [2.05, 4.69) is 10.3 Å². The first-order valence-electron chi connectivity index (χ1n) is 6.16. The van der Waals surface area contributed by atoms with Gasteiger partial charge in [-0.05, 0) is 18.7 Å². The van der Waals surface area contributed by atoms with Crippen LogP contribution in [0.3, 0.4) is 0 Å². The summed E-state index contributed by atoms with van der Waals surface area (Å²) in [4.78, 5) is 4.23. The molecule has 5 heteroatoms. The first-order chi connectivity index (χ1) is 9.28. The summed E-state index contributed by atoms with van der Waals surface area (Å²) in [6.07, 6.45) is 1.71. The Kier molecular flexibility index (Phi) is 4.41. The van der Waals surface area contributed by atoms with Crippen LogP contribution in [-0.2, 0) is 6.54 Å². The number of nitrogens with zero attached hydrogens (tertiary/aromatic N) is 1. The topological polar surface area (TPSA) is 56.5 Å². The normalized spacial score (nSPS) is 10.5. The van der Waals surface area contributed by atoms with E-state index >= 15 is 0 Å². The second kappa shape index (κ2) is 6.24. The molecule has 2 aromatic rings. The molecule has 0 amide bonds. The Hall–Kier alpha value is -2.01. The average molecular weight is 262 g/mol. The van der Waals surface area contributed by atoms with Gasteiger partial charge in [0.2, 0.25) is 5.89 Å². The highest BCUT2D eigenvalue weighted by Crippen LogP contribution is 2.33. The first kappa shape index (κ1) is 13.4. The van der Waals surface area contributed by atoms with E-state index in [9.17, 15) is 0 Å². The third kappa shape index (κ3) is 3.06. The summed E-state index contributed by atoms with van der Waals surface area (Å²) in [6, 6.07) is 5.58. The number of oxazole rings is 1. The van der Waals surface area contributed by atoms with Crippen molar-refractivity contribution in [3.63, 3.8) is 0 Å². The van der Waals surface area contributed by atoms with Crippen LogP contribution in [-0.4, -0.2) is 25.7 Å². The molecule has 0 atom stereocenters. The van der Waals surface area contributed by atoms with Crippen molar-refractivity contribution in [1.29, 1.82) is 0 Å². The number of methoxy groups -OCH3 is 2. The largest absolute Gasteiger partial charge is 0.497 e. The summed E-state index contributed by atoms with van der Waals surface area (Å²) in [6.45, 7) is 3.54. The number of hydrogen-bond acceptors (Lipinski definition) is 5. The zero-order valence-electron chi connectivity index (χ0n) is 11.4. The van der Waals surface area contributed by atoms with Crippen molar-refractivity contribution in [2.24, 2.45) is 0 Å². The molecule has 19 heavy (non-hydrogen) atoms. The van der Waals surface area contributed by atoms with Gasteiger partial charge in [-0.1, -0.05) is 6.92 Å². The lowest BCUT2D eigenvalue weighted by molar-refractivity contribution is 0.394. The molecule has 0 fully saturated rings. The van der Waals surface area contributed by atoms with Crippen molar-refractivity contribution >= 4 is 0 Å². The van der Waals surface area contributed by atoms with Gasteiger partial charge in [0.1, 0.15) is 11.5 Å². The van der Waals surface area contributed by atoms with Crippen molar-refractivity contribution in [1.82, 2.24) is 10.3 Å². The van der Waals surface area contributed by atoms with Crippen molar-refractivity contribution in [3.8, 4) is 22.8 Å². The molecular weight excluding hydrogens is 244 g/mol. The Balaban J connectivity index is 2.27. The molecule has 102 valence electrons. The Morgan fingerprint density at radius 1 is 1.26 bits per heavy atom.